The van der Waals surface area contributed by atoms with Gasteiger partial charge in [0.1, 0.15) is 11.6 Å². The van der Waals surface area contributed by atoms with Crippen LogP contribution in [0.3, 0.4) is 0 Å². The average molecular weight is 460 g/mol. The van der Waals surface area contributed by atoms with Crippen LogP contribution in [0.4, 0.5) is 14.6 Å². The number of anilines is 1. The van der Waals surface area contributed by atoms with Gasteiger partial charge in [0.15, 0.2) is 5.78 Å². The maximum Gasteiger partial charge on any atom is 0.387 e. The minimum Gasteiger partial charge on any atom is -0.433 e. The number of ether oxygens (including phenoxy) is 2. The minimum absolute atomic E-state index is 0.0805. The summed E-state index contributed by atoms with van der Waals surface area (Å²) in [6.07, 6.45) is 3.08. The minimum atomic E-state index is -3.04. The van der Waals surface area contributed by atoms with Crippen molar-refractivity contribution in [3.63, 3.8) is 0 Å². The Bertz CT molecular complexity index is 1380. The summed E-state index contributed by atoms with van der Waals surface area (Å²) >= 11 is 0. The lowest BCUT2D eigenvalue weighted by Gasteiger charge is -2.29. The Hall–Kier alpha value is -3.84. The lowest BCUT2D eigenvalue weighted by Crippen LogP contribution is -2.37. The number of rotatable bonds is 6. The topological polar surface area (TPSA) is 51.7 Å². The first kappa shape index (κ1) is 22.0. The second kappa shape index (κ2) is 9.57. The van der Waals surface area contributed by atoms with Crippen molar-refractivity contribution in [2.45, 2.75) is 6.61 Å². The first-order valence-corrected chi connectivity index (χ1v) is 11.0. The molecule has 1 saturated heterocycles. The number of para-hydroxylation sites is 1. The van der Waals surface area contributed by atoms with Crippen molar-refractivity contribution in [1.82, 2.24) is 4.98 Å². The van der Waals surface area contributed by atoms with E-state index in [1.165, 1.54) is 12.1 Å². The molecule has 0 N–H and O–H groups in total. The first-order valence-electron chi connectivity index (χ1n) is 11.0. The zero-order chi connectivity index (χ0) is 23.5. The third-order valence-corrected chi connectivity index (χ3v) is 5.81. The van der Waals surface area contributed by atoms with Crippen LogP contribution in [0.5, 0.6) is 5.75 Å². The molecule has 5 rings (SSSR count). The SMILES string of the molecule is O=C(C=Cc1cc2ccccc2nc1N1CCOCC1)c1ccc2ccccc2c1OC(F)F. The Labute approximate surface area is 195 Å². The number of carbonyl (C=O) groups excluding carboxylic acids is 1. The number of allylic oxidation sites excluding steroid dienone is 1. The van der Waals surface area contributed by atoms with Crippen LogP contribution in [-0.4, -0.2) is 43.7 Å². The van der Waals surface area contributed by atoms with E-state index in [0.717, 1.165) is 22.3 Å². The summed E-state index contributed by atoms with van der Waals surface area (Å²) in [7, 11) is 0. The number of carbonyl (C=O) groups is 1. The molecule has 4 aromatic rings. The highest BCUT2D eigenvalue weighted by Gasteiger charge is 2.19. The molecule has 0 bridgehead atoms. The highest BCUT2D eigenvalue weighted by Crippen LogP contribution is 2.32. The molecule has 2 heterocycles. The molecular formula is C27H22F2N2O3. The van der Waals surface area contributed by atoms with E-state index in [2.05, 4.69) is 4.90 Å². The Kier molecular flexibility index (Phi) is 6.18. The van der Waals surface area contributed by atoms with Gasteiger partial charge in [-0.3, -0.25) is 4.79 Å². The number of benzene rings is 3. The van der Waals surface area contributed by atoms with Crippen molar-refractivity contribution >= 4 is 39.4 Å². The van der Waals surface area contributed by atoms with Crippen molar-refractivity contribution < 1.29 is 23.0 Å². The molecule has 34 heavy (non-hydrogen) atoms. The molecular weight excluding hydrogens is 438 g/mol. The summed E-state index contributed by atoms with van der Waals surface area (Å²) in [4.78, 5) is 20.1. The lowest BCUT2D eigenvalue weighted by molar-refractivity contribution is -0.0490. The largest absolute Gasteiger partial charge is 0.433 e. The molecule has 7 heteroatoms. The fraction of sp³-hybridized carbons (Fsp3) is 0.185. The number of ketones is 1. The van der Waals surface area contributed by atoms with Gasteiger partial charge in [-0.1, -0.05) is 48.5 Å². The van der Waals surface area contributed by atoms with Gasteiger partial charge >= 0.3 is 6.61 Å². The molecule has 0 radical (unpaired) electrons. The average Bonchev–Trinajstić information content (AvgIpc) is 2.87. The molecule has 1 aliphatic rings. The monoisotopic (exact) mass is 460 g/mol. The van der Waals surface area contributed by atoms with Crippen molar-refractivity contribution in [2.75, 3.05) is 31.2 Å². The van der Waals surface area contributed by atoms with Gasteiger partial charge in [-0.25, -0.2) is 4.98 Å². The van der Waals surface area contributed by atoms with Crippen molar-refractivity contribution in [3.05, 3.63) is 83.9 Å². The predicted molar refractivity (Wildman–Crippen MR) is 129 cm³/mol. The number of hydrogen-bond acceptors (Lipinski definition) is 5. The highest BCUT2D eigenvalue weighted by molar-refractivity contribution is 6.12. The summed E-state index contributed by atoms with van der Waals surface area (Å²) in [5, 5.41) is 2.12. The molecule has 1 fully saturated rings. The number of morpholine rings is 1. The predicted octanol–water partition coefficient (Wildman–Crippen LogP) is 5.72. The van der Waals surface area contributed by atoms with Gasteiger partial charge in [-0.2, -0.15) is 8.78 Å². The van der Waals surface area contributed by atoms with Crippen LogP contribution in [-0.2, 0) is 4.74 Å². The molecule has 1 aromatic heterocycles. The van der Waals surface area contributed by atoms with Crippen LogP contribution < -0.4 is 9.64 Å². The number of halogens is 2. The number of hydrogen-bond donors (Lipinski definition) is 0. The number of nitrogens with zero attached hydrogens (tertiary/aromatic N) is 2. The fourth-order valence-electron chi connectivity index (χ4n) is 4.18. The van der Waals surface area contributed by atoms with E-state index in [9.17, 15) is 13.6 Å². The molecule has 5 nitrogen and oxygen atoms in total. The Morgan fingerprint density at radius 3 is 2.53 bits per heavy atom. The smallest absolute Gasteiger partial charge is 0.387 e. The first-order chi connectivity index (χ1) is 16.6. The van der Waals surface area contributed by atoms with Crippen LogP contribution in [0.15, 0.2) is 72.8 Å². The zero-order valence-corrected chi connectivity index (χ0v) is 18.3. The standard InChI is InChI=1S/C27H22F2N2O3/c28-27(29)34-25-21-7-3-1-5-18(21)9-11-22(25)24(32)12-10-20-17-19-6-2-4-8-23(19)30-26(20)31-13-15-33-16-14-31/h1-12,17,27H,13-16H2. The number of alkyl halides is 2. The van der Waals surface area contributed by atoms with E-state index >= 15 is 0 Å². The van der Waals surface area contributed by atoms with Gasteiger partial charge in [-0.15, -0.1) is 0 Å². The van der Waals surface area contributed by atoms with E-state index in [4.69, 9.17) is 14.5 Å². The summed E-state index contributed by atoms with van der Waals surface area (Å²) in [5.74, 6) is 0.212. The Morgan fingerprint density at radius 2 is 1.74 bits per heavy atom. The summed E-state index contributed by atoms with van der Waals surface area (Å²) < 4.78 is 36.6. The highest BCUT2D eigenvalue weighted by atomic mass is 19.3. The van der Waals surface area contributed by atoms with Gasteiger partial charge in [0.2, 0.25) is 0 Å². The fourth-order valence-corrected chi connectivity index (χ4v) is 4.18. The van der Waals surface area contributed by atoms with Crippen LogP contribution in [0.25, 0.3) is 27.8 Å². The summed E-state index contributed by atoms with van der Waals surface area (Å²) in [5.41, 5.74) is 1.71. The molecule has 1 aliphatic heterocycles. The van der Waals surface area contributed by atoms with Crippen LogP contribution in [0.2, 0.25) is 0 Å². The number of aromatic nitrogens is 1. The molecule has 3 aromatic carbocycles. The van der Waals surface area contributed by atoms with Crippen LogP contribution in [0.1, 0.15) is 15.9 Å². The van der Waals surface area contributed by atoms with E-state index < -0.39 is 12.4 Å². The molecule has 0 saturated carbocycles. The third kappa shape index (κ3) is 4.47. The van der Waals surface area contributed by atoms with Gasteiger partial charge in [0.25, 0.3) is 0 Å². The van der Waals surface area contributed by atoms with Gasteiger partial charge < -0.3 is 14.4 Å². The second-order valence-electron chi connectivity index (χ2n) is 7.93. The van der Waals surface area contributed by atoms with Crippen molar-refractivity contribution in [2.24, 2.45) is 0 Å². The number of pyridine rings is 1. The van der Waals surface area contributed by atoms with E-state index in [-0.39, 0.29) is 11.3 Å². The molecule has 0 spiro atoms. The summed E-state index contributed by atoms with van der Waals surface area (Å²) in [6, 6.07) is 20.0. The third-order valence-electron chi connectivity index (χ3n) is 5.81. The van der Waals surface area contributed by atoms with Crippen molar-refractivity contribution in [1.29, 1.82) is 0 Å². The second-order valence-corrected chi connectivity index (χ2v) is 7.93. The van der Waals surface area contributed by atoms with E-state index in [1.807, 2.05) is 30.3 Å². The van der Waals surface area contributed by atoms with Crippen LogP contribution in [0, 0.1) is 0 Å². The zero-order valence-electron chi connectivity index (χ0n) is 18.3. The van der Waals surface area contributed by atoms with E-state index in [0.29, 0.717) is 37.1 Å². The molecule has 172 valence electrons. The normalized spacial score (nSPS) is 14.4. The van der Waals surface area contributed by atoms with Gasteiger partial charge in [0.05, 0.1) is 24.3 Å². The lowest BCUT2D eigenvalue weighted by atomic mass is 10.0. The molecule has 0 amide bonds. The molecule has 0 aliphatic carbocycles. The quantitative estimate of drug-likeness (QED) is 0.272. The maximum absolute atomic E-state index is 13.2. The van der Waals surface area contributed by atoms with Gasteiger partial charge in [-0.05, 0) is 35.7 Å². The molecule has 0 unspecified atom stereocenters. The Balaban J connectivity index is 1.55. The number of fused-ring (bicyclic) bond motifs is 2. The van der Waals surface area contributed by atoms with E-state index in [1.54, 1.807) is 36.4 Å². The van der Waals surface area contributed by atoms with Crippen LogP contribution >= 0.6 is 0 Å². The van der Waals surface area contributed by atoms with Crippen molar-refractivity contribution in [3.8, 4) is 5.75 Å². The maximum atomic E-state index is 13.2. The molecule has 0 atom stereocenters. The van der Waals surface area contributed by atoms with Gasteiger partial charge in [0, 0.05) is 29.4 Å². The summed E-state index contributed by atoms with van der Waals surface area (Å²) in [6.45, 7) is -0.461. The Morgan fingerprint density at radius 1 is 1.00 bits per heavy atom.